The van der Waals surface area contributed by atoms with Crippen LogP contribution in [-0.4, -0.2) is 24.9 Å². The molecule has 0 aliphatic heterocycles. The fourth-order valence-corrected chi connectivity index (χ4v) is 1.28. The summed E-state index contributed by atoms with van der Waals surface area (Å²) in [4.78, 5) is 0. The average molecular weight is 216 g/mol. The summed E-state index contributed by atoms with van der Waals surface area (Å²) in [6.07, 6.45) is 2.07. The molecular formula is C13H28O2. The molecule has 1 unspecified atom stereocenters. The van der Waals surface area contributed by atoms with E-state index in [1.165, 1.54) is 0 Å². The van der Waals surface area contributed by atoms with E-state index in [1.807, 2.05) is 0 Å². The number of aliphatic hydroxyl groups is 1. The maximum Gasteiger partial charge on any atom is 0.0488 e. The summed E-state index contributed by atoms with van der Waals surface area (Å²) in [5.74, 6) is 1.20. The molecule has 0 amide bonds. The minimum Gasteiger partial charge on any atom is -0.396 e. The molecule has 0 aliphatic rings. The molecule has 1 atom stereocenters. The van der Waals surface area contributed by atoms with E-state index in [0.717, 1.165) is 26.1 Å². The lowest BCUT2D eigenvalue weighted by atomic mass is 9.77. The number of rotatable bonds is 8. The molecule has 0 radical (unpaired) electrons. The lowest BCUT2D eigenvalue weighted by Crippen LogP contribution is -2.29. The zero-order chi connectivity index (χ0) is 11.9. The van der Waals surface area contributed by atoms with Gasteiger partial charge in [0.1, 0.15) is 0 Å². The molecule has 1 N–H and O–H groups in total. The van der Waals surface area contributed by atoms with Crippen molar-refractivity contribution in [1.82, 2.24) is 0 Å². The SMILES string of the molecule is CC(C)CCOCCC(C)(CO)C(C)C. The normalized spacial score (nSPS) is 16.0. The second-order valence-electron chi connectivity index (χ2n) is 5.51. The molecule has 0 aliphatic carbocycles. The molecule has 0 spiro atoms. The van der Waals surface area contributed by atoms with E-state index in [4.69, 9.17) is 4.74 Å². The molecule has 0 aromatic heterocycles. The van der Waals surface area contributed by atoms with Crippen molar-refractivity contribution in [3.63, 3.8) is 0 Å². The summed E-state index contributed by atoms with van der Waals surface area (Å²) in [5, 5.41) is 9.34. The third-order valence-electron chi connectivity index (χ3n) is 3.41. The first-order valence-corrected chi connectivity index (χ1v) is 6.11. The Morgan fingerprint density at radius 2 is 1.73 bits per heavy atom. The van der Waals surface area contributed by atoms with Gasteiger partial charge in [-0.15, -0.1) is 0 Å². The molecule has 0 bridgehead atoms. The zero-order valence-electron chi connectivity index (χ0n) is 11.0. The van der Waals surface area contributed by atoms with Gasteiger partial charge in [-0.25, -0.2) is 0 Å². The first-order valence-electron chi connectivity index (χ1n) is 6.11. The van der Waals surface area contributed by atoms with Gasteiger partial charge in [0.25, 0.3) is 0 Å². The van der Waals surface area contributed by atoms with Crippen LogP contribution in [0.4, 0.5) is 0 Å². The molecule has 0 aromatic carbocycles. The third kappa shape index (κ3) is 6.16. The Hall–Kier alpha value is -0.0800. The van der Waals surface area contributed by atoms with Crippen LogP contribution < -0.4 is 0 Å². The van der Waals surface area contributed by atoms with Gasteiger partial charge in [-0.05, 0) is 30.1 Å². The van der Waals surface area contributed by atoms with Gasteiger partial charge in [0.15, 0.2) is 0 Å². The van der Waals surface area contributed by atoms with Crippen LogP contribution in [0.5, 0.6) is 0 Å². The van der Waals surface area contributed by atoms with Crippen molar-refractivity contribution in [2.45, 2.75) is 47.5 Å². The smallest absolute Gasteiger partial charge is 0.0488 e. The van der Waals surface area contributed by atoms with Crippen molar-refractivity contribution in [1.29, 1.82) is 0 Å². The van der Waals surface area contributed by atoms with Gasteiger partial charge < -0.3 is 9.84 Å². The van der Waals surface area contributed by atoms with E-state index in [2.05, 4.69) is 34.6 Å². The predicted molar refractivity (Wildman–Crippen MR) is 64.9 cm³/mol. The van der Waals surface area contributed by atoms with Crippen LogP contribution in [-0.2, 0) is 4.74 Å². The van der Waals surface area contributed by atoms with Crippen LogP contribution in [0.3, 0.4) is 0 Å². The topological polar surface area (TPSA) is 29.5 Å². The van der Waals surface area contributed by atoms with E-state index in [-0.39, 0.29) is 12.0 Å². The van der Waals surface area contributed by atoms with Crippen molar-refractivity contribution >= 4 is 0 Å². The average Bonchev–Trinajstić information content (AvgIpc) is 2.16. The highest BCUT2D eigenvalue weighted by atomic mass is 16.5. The van der Waals surface area contributed by atoms with E-state index in [9.17, 15) is 5.11 Å². The quantitative estimate of drug-likeness (QED) is 0.632. The molecule has 15 heavy (non-hydrogen) atoms. The van der Waals surface area contributed by atoms with Crippen molar-refractivity contribution in [3.05, 3.63) is 0 Å². The Bertz CT molecular complexity index is 155. The maximum atomic E-state index is 9.34. The van der Waals surface area contributed by atoms with Gasteiger partial charge in [0.05, 0.1) is 0 Å². The molecule has 92 valence electrons. The summed E-state index contributed by atoms with van der Waals surface area (Å²) in [6.45, 7) is 12.7. The Labute approximate surface area is 95.0 Å². The van der Waals surface area contributed by atoms with Crippen molar-refractivity contribution in [2.75, 3.05) is 19.8 Å². The summed E-state index contributed by atoms with van der Waals surface area (Å²) in [7, 11) is 0. The summed E-state index contributed by atoms with van der Waals surface area (Å²) >= 11 is 0. The summed E-state index contributed by atoms with van der Waals surface area (Å²) in [5.41, 5.74) is 0.0117. The van der Waals surface area contributed by atoms with Gasteiger partial charge in [-0.1, -0.05) is 34.6 Å². The number of aliphatic hydroxyl groups excluding tert-OH is 1. The van der Waals surface area contributed by atoms with Crippen molar-refractivity contribution < 1.29 is 9.84 Å². The summed E-state index contributed by atoms with van der Waals surface area (Å²) < 4.78 is 5.58. The lowest BCUT2D eigenvalue weighted by Gasteiger charge is -2.31. The molecule has 0 aromatic rings. The van der Waals surface area contributed by atoms with Crippen LogP contribution in [0.1, 0.15) is 47.5 Å². The fraction of sp³-hybridized carbons (Fsp3) is 1.00. The van der Waals surface area contributed by atoms with Gasteiger partial charge in [0.2, 0.25) is 0 Å². The van der Waals surface area contributed by atoms with Gasteiger partial charge in [-0.2, -0.15) is 0 Å². The molecule has 0 heterocycles. The third-order valence-corrected chi connectivity index (χ3v) is 3.41. The van der Waals surface area contributed by atoms with E-state index < -0.39 is 0 Å². The van der Waals surface area contributed by atoms with E-state index in [0.29, 0.717) is 11.8 Å². The van der Waals surface area contributed by atoms with Gasteiger partial charge >= 0.3 is 0 Å². The second-order valence-corrected chi connectivity index (χ2v) is 5.51. The first kappa shape index (κ1) is 14.9. The minimum atomic E-state index is 0.0117. The maximum absolute atomic E-state index is 9.34. The monoisotopic (exact) mass is 216 g/mol. The highest BCUT2D eigenvalue weighted by Gasteiger charge is 2.26. The first-order chi connectivity index (χ1) is 6.92. The zero-order valence-corrected chi connectivity index (χ0v) is 11.0. The molecule has 0 saturated carbocycles. The number of hydrogen-bond donors (Lipinski definition) is 1. The minimum absolute atomic E-state index is 0.0117. The Kier molecular flexibility index (Phi) is 7.20. The Balaban J connectivity index is 3.64. The molecule has 0 fully saturated rings. The van der Waals surface area contributed by atoms with E-state index in [1.54, 1.807) is 0 Å². The predicted octanol–water partition coefficient (Wildman–Crippen LogP) is 3.09. The summed E-state index contributed by atoms with van der Waals surface area (Å²) in [6, 6.07) is 0. The largest absolute Gasteiger partial charge is 0.396 e. The van der Waals surface area contributed by atoms with Crippen molar-refractivity contribution in [2.24, 2.45) is 17.3 Å². The van der Waals surface area contributed by atoms with Crippen LogP contribution in [0.25, 0.3) is 0 Å². The van der Waals surface area contributed by atoms with Crippen LogP contribution in [0, 0.1) is 17.3 Å². The van der Waals surface area contributed by atoms with Crippen LogP contribution in [0.2, 0.25) is 0 Å². The lowest BCUT2D eigenvalue weighted by molar-refractivity contribution is 0.0364. The molecular weight excluding hydrogens is 188 g/mol. The van der Waals surface area contributed by atoms with Crippen LogP contribution in [0.15, 0.2) is 0 Å². The highest BCUT2D eigenvalue weighted by Crippen LogP contribution is 2.30. The second kappa shape index (κ2) is 7.24. The van der Waals surface area contributed by atoms with Crippen LogP contribution >= 0.6 is 0 Å². The molecule has 2 heteroatoms. The number of hydrogen-bond acceptors (Lipinski definition) is 2. The van der Waals surface area contributed by atoms with E-state index >= 15 is 0 Å². The number of ether oxygens (including phenoxy) is 1. The fourth-order valence-electron chi connectivity index (χ4n) is 1.28. The highest BCUT2D eigenvalue weighted by molar-refractivity contribution is 4.76. The molecule has 0 saturated heterocycles. The van der Waals surface area contributed by atoms with Crippen molar-refractivity contribution in [3.8, 4) is 0 Å². The van der Waals surface area contributed by atoms with Gasteiger partial charge in [0, 0.05) is 19.8 Å². The van der Waals surface area contributed by atoms with Gasteiger partial charge in [-0.3, -0.25) is 0 Å². The standard InChI is InChI=1S/C13H28O2/c1-11(2)6-8-15-9-7-13(5,10-14)12(3)4/h11-12,14H,6-10H2,1-5H3. The Morgan fingerprint density at radius 1 is 1.13 bits per heavy atom. The molecule has 0 rings (SSSR count). The molecule has 2 nitrogen and oxygen atoms in total. The Morgan fingerprint density at radius 3 is 2.13 bits per heavy atom.